The van der Waals surface area contributed by atoms with Gasteiger partial charge in [-0.05, 0) is 64.2 Å². The summed E-state index contributed by atoms with van der Waals surface area (Å²) in [4.78, 5) is 10.4. The van der Waals surface area contributed by atoms with Crippen molar-refractivity contribution in [2.45, 2.75) is 0 Å². The number of hydrogen-bond acceptors (Lipinski definition) is 4. The first kappa shape index (κ1) is 32.7. The van der Waals surface area contributed by atoms with E-state index in [9.17, 15) is 0 Å². The molecule has 2 nitrogen and oxygen atoms in total. The highest BCUT2D eigenvalue weighted by molar-refractivity contribution is 7.26. The van der Waals surface area contributed by atoms with E-state index in [0.29, 0.717) is 5.82 Å². The van der Waals surface area contributed by atoms with Gasteiger partial charge >= 0.3 is 0 Å². The Morgan fingerprint density at radius 3 is 1.39 bits per heavy atom. The fraction of sp³-hybridized carbons (Fsp3) is 0. The van der Waals surface area contributed by atoms with Gasteiger partial charge in [0.1, 0.15) is 0 Å². The van der Waals surface area contributed by atoms with Crippen molar-refractivity contribution in [3.05, 3.63) is 194 Å². The van der Waals surface area contributed by atoms with Crippen LogP contribution in [0.2, 0.25) is 0 Å². The summed E-state index contributed by atoms with van der Waals surface area (Å²) in [6.07, 6.45) is 0. The number of rotatable bonds is 6. The predicted octanol–water partition coefficient (Wildman–Crippen LogP) is 15.2. The summed E-state index contributed by atoms with van der Waals surface area (Å²) in [5, 5.41) is 5.18. The van der Waals surface area contributed by atoms with Gasteiger partial charge in [-0.1, -0.05) is 158 Å². The molecule has 0 radical (unpaired) electrons. The van der Waals surface area contributed by atoms with Crippen molar-refractivity contribution >= 4 is 63.0 Å². The first-order chi connectivity index (χ1) is 27.7. The lowest BCUT2D eigenvalue weighted by Gasteiger charge is -2.16. The quantitative estimate of drug-likeness (QED) is 0.169. The van der Waals surface area contributed by atoms with Crippen LogP contribution in [0.1, 0.15) is 0 Å². The molecule has 0 saturated carbocycles. The second-order valence-electron chi connectivity index (χ2n) is 14.1. The molecule has 3 heterocycles. The molecule has 0 amide bonds. The van der Waals surface area contributed by atoms with Gasteiger partial charge in [-0.2, -0.15) is 0 Å². The van der Waals surface area contributed by atoms with Gasteiger partial charge in [0, 0.05) is 62.6 Å². The molecule has 0 bridgehead atoms. The van der Waals surface area contributed by atoms with Gasteiger partial charge in [0.2, 0.25) is 0 Å². The minimum absolute atomic E-state index is 0.706. The second kappa shape index (κ2) is 13.5. The molecular formula is C52H32N2S2. The van der Waals surface area contributed by atoms with E-state index in [0.717, 1.165) is 39.2 Å². The van der Waals surface area contributed by atoms with Crippen LogP contribution in [0, 0.1) is 0 Å². The zero-order valence-electron chi connectivity index (χ0n) is 30.2. The number of aromatic nitrogens is 2. The second-order valence-corrected chi connectivity index (χ2v) is 16.2. The highest BCUT2D eigenvalue weighted by atomic mass is 32.1. The molecule has 8 aromatic carbocycles. The Kier molecular flexibility index (Phi) is 7.90. The van der Waals surface area contributed by atoms with Crippen molar-refractivity contribution in [1.29, 1.82) is 0 Å². The third-order valence-corrected chi connectivity index (χ3v) is 13.1. The number of nitrogens with zero attached hydrogens (tertiary/aromatic N) is 2. The summed E-state index contributed by atoms with van der Waals surface area (Å²) in [6, 6.07) is 69.7. The molecule has 56 heavy (non-hydrogen) atoms. The van der Waals surface area contributed by atoms with Crippen LogP contribution in [0.25, 0.3) is 108 Å². The van der Waals surface area contributed by atoms with E-state index in [1.54, 1.807) is 0 Å². The van der Waals surface area contributed by atoms with Gasteiger partial charge in [0.25, 0.3) is 0 Å². The average molecular weight is 749 g/mol. The first-order valence-electron chi connectivity index (χ1n) is 18.8. The minimum atomic E-state index is 0.706. The fourth-order valence-corrected chi connectivity index (χ4v) is 10.5. The summed E-state index contributed by atoms with van der Waals surface area (Å²) in [5.41, 5.74) is 12.0. The summed E-state index contributed by atoms with van der Waals surface area (Å²) in [7, 11) is 0. The smallest absolute Gasteiger partial charge is 0.160 e. The Hall–Kier alpha value is -6.72. The van der Waals surface area contributed by atoms with E-state index in [2.05, 4.69) is 170 Å². The standard InChI is InChI=1S/C52H32N2S2/c1-3-15-33(16-4-1)46-32-47(54-52(53-46)34-17-5-2-6-18-34)37-30-35(29-36(31-37)39-23-13-25-44-41-21-9-11-27-48(41)55-50(39)44)38-19-7-8-20-40(38)43-24-14-26-45-42-22-10-12-28-49(42)56-51(43)45/h1-32H. The number of thiophene rings is 2. The Morgan fingerprint density at radius 1 is 0.286 bits per heavy atom. The highest BCUT2D eigenvalue weighted by Gasteiger charge is 2.19. The first-order valence-corrected chi connectivity index (χ1v) is 20.4. The Labute approximate surface area is 332 Å². The maximum Gasteiger partial charge on any atom is 0.160 e. The van der Waals surface area contributed by atoms with E-state index >= 15 is 0 Å². The van der Waals surface area contributed by atoms with Crippen molar-refractivity contribution in [1.82, 2.24) is 9.97 Å². The predicted molar refractivity (Wildman–Crippen MR) is 240 cm³/mol. The average Bonchev–Trinajstić information content (AvgIpc) is 3.86. The Morgan fingerprint density at radius 2 is 0.732 bits per heavy atom. The summed E-state index contributed by atoms with van der Waals surface area (Å²) >= 11 is 3.74. The number of hydrogen-bond donors (Lipinski definition) is 0. The topological polar surface area (TPSA) is 25.8 Å². The van der Waals surface area contributed by atoms with Crippen molar-refractivity contribution in [3.8, 4) is 67.3 Å². The molecule has 0 aliphatic heterocycles. The van der Waals surface area contributed by atoms with E-state index in [-0.39, 0.29) is 0 Å². The third-order valence-electron chi connectivity index (χ3n) is 10.7. The Bertz CT molecular complexity index is 3190. The molecule has 0 saturated heterocycles. The van der Waals surface area contributed by atoms with Gasteiger partial charge in [-0.25, -0.2) is 9.97 Å². The van der Waals surface area contributed by atoms with Gasteiger partial charge < -0.3 is 0 Å². The molecule has 11 rings (SSSR count). The molecule has 0 aliphatic rings. The molecule has 11 aromatic rings. The molecular weight excluding hydrogens is 717 g/mol. The van der Waals surface area contributed by atoms with Gasteiger partial charge in [-0.15, -0.1) is 22.7 Å². The molecule has 3 aromatic heterocycles. The SMILES string of the molecule is c1ccc(-c2cc(-c3cc(-c4ccccc4-c4cccc5c4sc4ccccc45)cc(-c4cccc5c4sc4ccccc45)c3)nc(-c3ccccc3)n2)cc1. The van der Waals surface area contributed by atoms with E-state index in [4.69, 9.17) is 9.97 Å². The summed E-state index contributed by atoms with van der Waals surface area (Å²) in [5.74, 6) is 0.706. The third kappa shape index (κ3) is 5.62. The van der Waals surface area contributed by atoms with Gasteiger partial charge in [-0.3, -0.25) is 0 Å². The van der Waals surface area contributed by atoms with Crippen LogP contribution in [0.5, 0.6) is 0 Å². The molecule has 0 atom stereocenters. The van der Waals surface area contributed by atoms with Crippen molar-refractivity contribution in [2.75, 3.05) is 0 Å². The minimum Gasteiger partial charge on any atom is -0.228 e. The van der Waals surface area contributed by atoms with Crippen molar-refractivity contribution < 1.29 is 0 Å². The fourth-order valence-electron chi connectivity index (χ4n) is 8.06. The molecule has 0 N–H and O–H groups in total. The molecule has 0 unspecified atom stereocenters. The molecule has 0 fully saturated rings. The van der Waals surface area contributed by atoms with E-state index in [1.807, 2.05) is 46.9 Å². The van der Waals surface area contributed by atoms with Gasteiger partial charge in [0.05, 0.1) is 11.4 Å². The zero-order chi connectivity index (χ0) is 37.0. The lowest BCUT2D eigenvalue weighted by molar-refractivity contribution is 1.18. The van der Waals surface area contributed by atoms with Gasteiger partial charge in [0.15, 0.2) is 5.82 Å². The monoisotopic (exact) mass is 748 g/mol. The van der Waals surface area contributed by atoms with Crippen LogP contribution in [0.3, 0.4) is 0 Å². The molecule has 262 valence electrons. The maximum absolute atomic E-state index is 5.31. The summed E-state index contributed by atoms with van der Waals surface area (Å²) in [6.45, 7) is 0. The normalized spacial score (nSPS) is 11.6. The maximum atomic E-state index is 5.31. The van der Waals surface area contributed by atoms with Crippen LogP contribution in [-0.2, 0) is 0 Å². The van der Waals surface area contributed by atoms with Crippen LogP contribution in [-0.4, -0.2) is 9.97 Å². The summed E-state index contributed by atoms with van der Waals surface area (Å²) < 4.78 is 5.20. The molecule has 0 spiro atoms. The zero-order valence-corrected chi connectivity index (χ0v) is 31.8. The van der Waals surface area contributed by atoms with Crippen LogP contribution in [0.4, 0.5) is 0 Å². The van der Waals surface area contributed by atoms with Crippen LogP contribution in [0.15, 0.2) is 194 Å². The lowest BCUT2D eigenvalue weighted by atomic mass is 9.89. The highest BCUT2D eigenvalue weighted by Crippen LogP contribution is 2.46. The van der Waals surface area contributed by atoms with E-state index < -0.39 is 0 Å². The molecule has 0 aliphatic carbocycles. The van der Waals surface area contributed by atoms with Crippen molar-refractivity contribution in [3.63, 3.8) is 0 Å². The molecule has 4 heteroatoms. The number of benzene rings is 8. The van der Waals surface area contributed by atoms with Crippen LogP contribution < -0.4 is 0 Å². The Balaban J connectivity index is 1.18. The van der Waals surface area contributed by atoms with Crippen LogP contribution >= 0.6 is 22.7 Å². The lowest BCUT2D eigenvalue weighted by Crippen LogP contribution is -1.96. The van der Waals surface area contributed by atoms with E-state index in [1.165, 1.54) is 62.6 Å². The number of fused-ring (bicyclic) bond motifs is 6. The van der Waals surface area contributed by atoms with Crippen molar-refractivity contribution in [2.24, 2.45) is 0 Å². The largest absolute Gasteiger partial charge is 0.228 e.